The van der Waals surface area contributed by atoms with Gasteiger partial charge >= 0.3 is 5.97 Å². The van der Waals surface area contributed by atoms with Crippen molar-refractivity contribution in [3.63, 3.8) is 0 Å². The van der Waals surface area contributed by atoms with Gasteiger partial charge in [-0.2, -0.15) is 10.4 Å². The van der Waals surface area contributed by atoms with E-state index in [-0.39, 0.29) is 17.2 Å². The monoisotopic (exact) mass is 481 g/mol. The number of nitrogens with zero attached hydrogens (tertiary/aromatic N) is 3. The lowest BCUT2D eigenvalue weighted by atomic mass is 10.1. The number of carbonyl (C=O) groups is 1. The molecule has 0 spiro atoms. The summed E-state index contributed by atoms with van der Waals surface area (Å²) in [5, 5.41) is 22.3. The van der Waals surface area contributed by atoms with Gasteiger partial charge in [-0.05, 0) is 46.6 Å². The highest BCUT2D eigenvalue weighted by Crippen LogP contribution is 2.26. The number of anilines is 1. The minimum Gasteiger partial charge on any atom is -0.479 e. The smallest absolute Gasteiger partial charge is 0.344 e. The van der Waals surface area contributed by atoms with Crippen molar-refractivity contribution in [3.8, 4) is 23.1 Å². The Kier molecular flexibility index (Phi) is 6.79. The molecule has 0 aliphatic carbocycles. The highest BCUT2D eigenvalue weighted by atomic mass is 79.9. The SMILES string of the molecule is CC(Oc1ccc(C=NNc2nc(-c3ccccc3)c(C#N)c(=O)[nH]2)cc1Br)C(=O)O. The molecule has 0 aliphatic heterocycles. The number of nitrogens with one attached hydrogen (secondary N) is 2. The minimum atomic E-state index is -1.07. The van der Waals surface area contributed by atoms with E-state index in [4.69, 9.17) is 9.84 Å². The number of hydrogen-bond donors (Lipinski definition) is 3. The van der Waals surface area contributed by atoms with E-state index < -0.39 is 17.6 Å². The molecule has 0 saturated carbocycles. The third-order valence-corrected chi connectivity index (χ3v) is 4.69. The first-order valence-corrected chi connectivity index (χ1v) is 9.76. The molecule has 156 valence electrons. The van der Waals surface area contributed by atoms with Crippen LogP contribution in [-0.4, -0.2) is 33.4 Å². The highest BCUT2D eigenvalue weighted by molar-refractivity contribution is 9.10. The number of ether oxygens (including phenoxy) is 1. The number of carboxylic acids is 1. The van der Waals surface area contributed by atoms with Crippen LogP contribution in [0.25, 0.3) is 11.3 Å². The number of aromatic nitrogens is 2. The summed E-state index contributed by atoms with van der Waals surface area (Å²) in [5.74, 6) is -0.612. The van der Waals surface area contributed by atoms with Gasteiger partial charge in [0.2, 0.25) is 5.95 Å². The Bertz CT molecular complexity index is 1230. The average molecular weight is 482 g/mol. The van der Waals surface area contributed by atoms with Crippen LogP contribution >= 0.6 is 15.9 Å². The number of aliphatic carboxylic acids is 1. The zero-order valence-electron chi connectivity index (χ0n) is 16.2. The van der Waals surface area contributed by atoms with Gasteiger partial charge < -0.3 is 9.84 Å². The maximum absolute atomic E-state index is 12.2. The van der Waals surface area contributed by atoms with Crippen LogP contribution < -0.4 is 15.7 Å². The third kappa shape index (κ3) is 5.34. The number of carboxylic acid groups (broad SMARTS) is 1. The van der Waals surface area contributed by atoms with E-state index in [9.17, 15) is 14.9 Å². The van der Waals surface area contributed by atoms with E-state index in [0.29, 0.717) is 21.3 Å². The number of rotatable bonds is 7. The van der Waals surface area contributed by atoms with Crippen molar-refractivity contribution in [2.24, 2.45) is 5.10 Å². The van der Waals surface area contributed by atoms with Crippen molar-refractivity contribution < 1.29 is 14.6 Å². The van der Waals surface area contributed by atoms with Gasteiger partial charge in [0.1, 0.15) is 17.4 Å². The quantitative estimate of drug-likeness (QED) is 0.346. The van der Waals surface area contributed by atoms with Crippen LogP contribution in [0, 0.1) is 11.3 Å². The molecule has 0 aliphatic rings. The number of aromatic amines is 1. The molecule has 0 fully saturated rings. The molecule has 31 heavy (non-hydrogen) atoms. The molecule has 1 heterocycles. The van der Waals surface area contributed by atoms with Crippen LogP contribution in [0.4, 0.5) is 5.95 Å². The molecule has 1 atom stereocenters. The number of halogens is 1. The molecule has 10 heteroatoms. The molecule has 9 nitrogen and oxygen atoms in total. The molecule has 1 aromatic heterocycles. The summed E-state index contributed by atoms with van der Waals surface area (Å²) in [4.78, 5) is 29.9. The summed E-state index contributed by atoms with van der Waals surface area (Å²) in [5.41, 5.74) is 3.54. The number of hydrazone groups is 1. The van der Waals surface area contributed by atoms with Crippen LogP contribution in [0.1, 0.15) is 18.1 Å². The summed E-state index contributed by atoms with van der Waals surface area (Å²) in [6.45, 7) is 1.43. The number of benzene rings is 2. The molecule has 1 unspecified atom stereocenters. The lowest BCUT2D eigenvalue weighted by Crippen LogP contribution is -2.23. The van der Waals surface area contributed by atoms with E-state index >= 15 is 0 Å². The Hall–Kier alpha value is -3.97. The van der Waals surface area contributed by atoms with Gasteiger partial charge in [-0.25, -0.2) is 15.2 Å². The second-order valence-corrected chi connectivity index (χ2v) is 7.13. The van der Waals surface area contributed by atoms with E-state index in [2.05, 4.69) is 36.4 Å². The maximum Gasteiger partial charge on any atom is 0.344 e. The van der Waals surface area contributed by atoms with Crippen molar-refractivity contribution in [3.05, 3.63) is 74.5 Å². The van der Waals surface area contributed by atoms with Crippen molar-refractivity contribution in [2.45, 2.75) is 13.0 Å². The first kappa shape index (κ1) is 21.7. The number of nitriles is 1. The van der Waals surface area contributed by atoms with Crippen LogP contribution in [0.3, 0.4) is 0 Å². The summed E-state index contributed by atoms with van der Waals surface area (Å²) in [7, 11) is 0. The minimum absolute atomic E-state index is 0.0772. The van der Waals surface area contributed by atoms with Crippen molar-refractivity contribution in [1.82, 2.24) is 9.97 Å². The molecule has 0 amide bonds. The van der Waals surface area contributed by atoms with Crippen LogP contribution in [0.5, 0.6) is 5.75 Å². The van der Waals surface area contributed by atoms with E-state index in [1.54, 1.807) is 42.5 Å². The first-order chi connectivity index (χ1) is 14.9. The first-order valence-electron chi connectivity index (χ1n) is 8.97. The zero-order valence-corrected chi connectivity index (χ0v) is 17.8. The highest BCUT2D eigenvalue weighted by Gasteiger charge is 2.14. The second kappa shape index (κ2) is 9.69. The van der Waals surface area contributed by atoms with E-state index in [0.717, 1.165) is 0 Å². The zero-order chi connectivity index (χ0) is 22.4. The van der Waals surface area contributed by atoms with Gasteiger partial charge in [-0.15, -0.1) is 0 Å². The molecule has 3 aromatic rings. The van der Waals surface area contributed by atoms with Crippen molar-refractivity contribution in [1.29, 1.82) is 5.26 Å². The Morgan fingerprint density at radius 1 is 1.35 bits per heavy atom. The molecular formula is C21H16BrN5O4. The normalized spacial score (nSPS) is 11.6. The van der Waals surface area contributed by atoms with Gasteiger partial charge in [-0.3, -0.25) is 9.78 Å². The Balaban J connectivity index is 1.79. The topological polar surface area (TPSA) is 140 Å². The van der Waals surface area contributed by atoms with E-state index in [1.165, 1.54) is 13.1 Å². The molecule has 0 radical (unpaired) electrons. The largest absolute Gasteiger partial charge is 0.479 e. The molecule has 0 bridgehead atoms. The molecule has 2 aromatic carbocycles. The summed E-state index contributed by atoms with van der Waals surface area (Å²) in [6, 6.07) is 15.8. The Labute approximate surface area is 185 Å². The Morgan fingerprint density at radius 2 is 2.10 bits per heavy atom. The van der Waals surface area contributed by atoms with Crippen LogP contribution in [0.15, 0.2) is 62.9 Å². The summed E-state index contributed by atoms with van der Waals surface area (Å²) in [6.07, 6.45) is 0.491. The van der Waals surface area contributed by atoms with Gasteiger partial charge in [0.25, 0.3) is 5.56 Å². The summed E-state index contributed by atoms with van der Waals surface area (Å²) < 4.78 is 5.90. The fraction of sp³-hybridized carbons (Fsp3) is 0.0952. The van der Waals surface area contributed by atoms with Gasteiger partial charge in [0.15, 0.2) is 6.10 Å². The fourth-order valence-electron chi connectivity index (χ4n) is 2.54. The number of H-pyrrole nitrogens is 1. The third-order valence-electron chi connectivity index (χ3n) is 4.07. The average Bonchev–Trinajstić information content (AvgIpc) is 2.75. The Morgan fingerprint density at radius 3 is 2.74 bits per heavy atom. The van der Waals surface area contributed by atoms with Crippen LogP contribution in [-0.2, 0) is 4.79 Å². The predicted molar refractivity (Wildman–Crippen MR) is 118 cm³/mol. The van der Waals surface area contributed by atoms with Crippen molar-refractivity contribution >= 4 is 34.1 Å². The lowest BCUT2D eigenvalue weighted by molar-refractivity contribution is -0.144. The fourth-order valence-corrected chi connectivity index (χ4v) is 3.03. The van der Waals surface area contributed by atoms with Crippen LogP contribution in [0.2, 0.25) is 0 Å². The molecular weight excluding hydrogens is 466 g/mol. The standard InChI is InChI=1S/C21H16BrN5O4/c1-12(20(29)30)31-17-8-7-13(9-16(17)22)11-24-27-21-25-18(14-5-3-2-4-6-14)15(10-23)19(28)26-21/h2-9,11-12H,1H3,(H,29,30)(H2,25,26,27,28). The summed E-state index contributed by atoms with van der Waals surface area (Å²) >= 11 is 3.33. The van der Waals surface area contributed by atoms with Gasteiger partial charge in [0, 0.05) is 5.56 Å². The molecule has 3 rings (SSSR count). The van der Waals surface area contributed by atoms with Crippen molar-refractivity contribution in [2.75, 3.05) is 5.43 Å². The predicted octanol–water partition coefficient (Wildman–Crippen LogP) is 3.37. The van der Waals surface area contributed by atoms with Gasteiger partial charge in [0.05, 0.1) is 16.4 Å². The lowest BCUT2D eigenvalue weighted by Gasteiger charge is -2.12. The second-order valence-electron chi connectivity index (χ2n) is 6.27. The molecule has 3 N–H and O–H groups in total. The van der Waals surface area contributed by atoms with Gasteiger partial charge in [-0.1, -0.05) is 30.3 Å². The maximum atomic E-state index is 12.2. The number of hydrogen-bond acceptors (Lipinski definition) is 7. The van der Waals surface area contributed by atoms with E-state index in [1.807, 2.05) is 12.1 Å². The molecule has 0 saturated heterocycles.